The number of carbonyl (C=O) groups is 1. The van der Waals surface area contributed by atoms with Gasteiger partial charge in [-0.3, -0.25) is 9.78 Å². The molecule has 1 heterocycles. The summed E-state index contributed by atoms with van der Waals surface area (Å²) in [7, 11) is 0. The number of rotatable bonds is 6. The third-order valence-corrected chi connectivity index (χ3v) is 5.54. The lowest BCUT2D eigenvalue weighted by Gasteiger charge is -2.63. The molecule has 1 saturated carbocycles. The fourth-order valence-corrected chi connectivity index (χ4v) is 4.50. The Labute approximate surface area is 171 Å². The molecule has 1 aromatic heterocycles. The van der Waals surface area contributed by atoms with Gasteiger partial charge in [-0.25, -0.2) is 4.98 Å². The third kappa shape index (κ3) is 3.75. The van der Waals surface area contributed by atoms with Gasteiger partial charge in [-0.15, -0.1) is 0 Å². The Kier molecular flexibility index (Phi) is 5.47. The van der Waals surface area contributed by atoms with Crippen LogP contribution < -0.4 is 14.8 Å². The van der Waals surface area contributed by atoms with Gasteiger partial charge in [-0.2, -0.15) is 5.26 Å². The van der Waals surface area contributed by atoms with Crippen LogP contribution in [0.1, 0.15) is 50.7 Å². The number of benzene rings is 1. The van der Waals surface area contributed by atoms with Crippen LogP contribution in [0, 0.1) is 22.2 Å². The highest BCUT2D eigenvalue weighted by molar-refractivity contribution is 5.92. The first-order chi connectivity index (χ1) is 13.7. The smallest absolute Gasteiger partial charge is 0.271 e. The van der Waals surface area contributed by atoms with Crippen LogP contribution >= 0.6 is 0 Å². The first-order valence-electron chi connectivity index (χ1n) is 9.62. The van der Waals surface area contributed by atoms with E-state index in [9.17, 15) is 10.1 Å². The molecular weight excluding hydrogens is 368 g/mol. The number of nitriles is 1. The normalized spacial score (nSPS) is 21.4. The molecule has 7 nitrogen and oxygen atoms in total. The van der Waals surface area contributed by atoms with E-state index in [0.29, 0.717) is 23.7 Å². The largest absolute Gasteiger partial charge is 0.492 e. The molecule has 0 spiro atoms. The topological polar surface area (TPSA) is 97.1 Å². The number of nitrogens with zero attached hydrogens (tertiary/aromatic N) is 3. The second-order valence-electron chi connectivity index (χ2n) is 8.34. The first-order valence-corrected chi connectivity index (χ1v) is 9.62. The molecule has 3 rings (SSSR count). The third-order valence-electron chi connectivity index (χ3n) is 5.54. The van der Waals surface area contributed by atoms with Crippen molar-refractivity contribution in [3.8, 4) is 17.6 Å². The van der Waals surface area contributed by atoms with Gasteiger partial charge in [0.15, 0.2) is 0 Å². The Balaban J connectivity index is 1.77. The van der Waals surface area contributed by atoms with Crippen LogP contribution in [-0.2, 0) is 0 Å². The van der Waals surface area contributed by atoms with Crippen molar-refractivity contribution in [1.29, 1.82) is 5.26 Å². The van der Waals surface area contributed by atoms with Gasteiger partial charge in [0.25, 0.3) is 5.91 Å². The molecular formula is C22H26N4O3. The standard InChI is InChI=1S/C22H26N4O3/c1-6-28-17-11-15(8-7-14(17)12-23)29-20-21(2,3)19(22(20,4)5)26-18(27)16-13-24-9-10-25-16/h7-11,13,19-20H,6H2,1-5H3,(H,26,27). The summed E-state index contributed by atoms with van der Waals surface area (Å²) < 4.78 is 11.9. The molecule has 152 valence electrons. The zero-order valence-electron chi connectivity index (χ0n) is 17.4. The van der Waals surface area contributed by atoms with E-state index in [-0.39, 0.29) is 34.6 Å². The van der Waals surface area contributed by atoms with E-state index in [4.69, 9.17) is 9.47 Å². The molecule has 0 saturated heterocycles. The highest BCUT2D eigenvalue weighted by atomic mass is 16.5. The lowest BCUT2D eigenvalue weighted by Crippen LogP contribution is -2.74. The van der Waals surface area contributed by atoms with E-state index >= 15 is 0 Å². The van der Waals surface area contributed by atoms with Crippen LogP contribution in [0.2, 0.25) is 0 Å². The lowest BCUT2D eigenvalue weighted by molar-refractivity contribution is -0.164. The van der Waals surface area contributed by atoms with Gasteiger partial charge in [-0.1, -0.05) is 27.7 Å². The molecule has 0 atom stereocenters. The Morgan fingerprint density at radius 1 is 1.24 bits per heavy atom. The number of amides is 1. The molecule has 1 aliphatic rings. The van der Waals surface area contributed by atoms with E-state index in [2.05, 4.69) is 49.0 Å². The monoisotopic (exact) mass is 394 g/mol. The SMILES string of the molecule is CCOc1cc(OC2C(C)(C)C(NC(=O)c3cnccn3)C2(C)C)ccc1C#N. The summed E-state index contributed by atoms with van der Waals surface area (Å²) in [6.45, 7) is 10.6. The summed E-state index contributed by atoms with van der Waals surface area (Å²) in [5, 5.41) is 12.3. The molecule has 0 aliphatic heterocycles. The Morgan fingerprint density at radius 2 is 1.97 bits per heavy atom. The summed E-state index contributed by atoms with van der Waals surface area (Å²) in [5.74, 6) is 0.895. The van der Waals surface area contributed by atoms with Gasteiger partial charge >= 0.3 is 0 Å². The first kappa shape index (κ1) is 20.6. The second-order valence-corrected chi connectivity index (χ2v) is 8.34. The van der Waals surface area contributed by atoms with Crippen molar-refractivity contribution in [2.24, 2.45) is 10.8 Å². The number of carbonyl (C=O) groups excluding carboxylic acids is 1. The van der Waals surface area contributed by atoms with Crippen LogP contribution in [0.5, 0.6) is 11.5 Å². The molecule has 1 amide bonds. The molecule has 1 aromatic carbocycles. The maximum atomic E-state index is 12.6. The van der Waals surface area contributed by atoms with E-state index in [1.54, 1.807) is 18.2 Å². The molecule has 1 fully saturated rings. The van der Waals surface area contributed by atoms with Crippen LogP contribution in [0.25, 0.3) is 0 Å². The van der Waals surface area contributed by atoms with Crippen LogP contribution in [-0.4, -0.2) is 34.6 Å². The Hall–Kier alpha value is -3.14. The summed E-state index contributed by atoms with van der Waals surface area (Å²) in [6.07, 6.45) is 4.34. The van der Waals surface area contributed by atoms with Gasteiger partial charge in [0.1, 0.15) is 29.4 Å². The maximum absolute atomic E-state index is 12.6. The quantitative estimate of drug-likeness (QED) is 0.807. The fraction of sp³-hybridized carbons (Fsp3) is 0.455. The zero-order valence-corrected chi connectivity index (χ0v) is 17.4. The van der Waals surface area contributed by atoms with Crippen molar-refractivity contribution in [2.45, 2.75) is 46.8 Å². The number of nitrogens with one attached hydrogen (secondary N) is 1. The zero-order chi connectivity index (χ0) is 21.2. The van der Waals surface area contributed by atoms with Crippen molar-refractivity contribution in [2.75, 3.05) is 6.61 Å². The Morgan fingerprint density at radius 3 is 2.55 bits per heavy atom. The minimum atomic E-state index is -0.318. The molecule has 29 heavy (non-hydrogen) atoms. The van der Waals surface area contributed by atoms with Gasteiger partial charge < -0.3 is 14.8 Å². The summed E-state index contributed by atoms with van der Waals surface area (Å²) >= 11 is 0. The summed E-state index contributed by atoms with van der Waals surface area (Å²) in [5.41, 5.74) is 0.125. The van der Waals surface area contributed by atoms with E-state index in [0.717, 1.165) is 0 Å². The molecule has 0 radical (unpaired) electrons. The Bertz CT molecular complexity index is 919. The van der Waals surface area contributed by atoms with Crippen LogP contribution in [0.3, 0.4) is 0 Å². The minimum Gasteiger partial charge on any atom is -0.492 e. The maximum Gasteiger partial charge on any atom is 0.271 e. The number of hydrogen-bond donors (Lipinski definition) is 1. The van der Waals surface area contributed by atoms with Crippen molar-refractivity contribution < 1.29 is 14.3 Å². The molecule has 0 bridgehead atoms. The highest BCUT2D eigenvalue weighted by Crippen LogP contribution is 2.55. The van der Waals surface area contributed by atoms with Crippen LogP contribution in [0.4, 0.5) is 0 Å². The van der Waals surface area contributed by atoms with E-state index in [1.165, 1.54) is 18.6 Å². The second kappa shape index (κ2) is 7.70. The van der Waals surface area contributed by atoms with Gasteiger partial charge in [0.2, 0.25) is 0 Å². The average Bonchev–Trinajstić information content (AvgIpc) is 2.70. The highest BCUT2D eigenvalue weighted by Gasteiger charge is 2.64. The fourth-order valence-electron chi connectivity index (χ4n) is 4.50. The van der Waals surface area contributed by atoms with E-state index < -0.39 is 0 Å². The van der Waals surface area contributed by atoms with Gasteiger partial charge in [-0.05, 0) is 19.1 Å². The lowest BCUT2D eigenvalue weighted by atomic mass is 9.49. The molecule has 2 aromatic rings. The molecule has 0 unspecified atom stereocenters. The summed E-state index contributed by atoms with van der Waals surface area (Å²) in [4.78, 5) is 20.6. The van der Waals surface area contributed by atoms with Crippen molar-refractivity contribution in [1.82, 2.24) is 15.3 Å². The molecule has 1 N–H and O–H groups in total. The molecule has 1 aliphatic carbocycles. The molecule has 7 heteroatoms. The predicted molar refractivity (Wildman–Crippen MR) is 108 cm³/mol. The minimum absolute atomic E-state index is 0.112. The van der Waals surface area contributed by atoms with E-state index in [1.807, 2.05) is 6.92 Å². The van der Waals surface area contributed by atoms with Gasteiger partial charge in [0, 0.05) is 35.3 Å². The van der Waals surface area contributed by atoms with Gasteiger partial charge in [0.05, 0.1) is 18.4 Å². The van der Waals surface area contributed by atoms with Crippen LogP contribution in [0.15, 0.2) is 36.8 Å². The van der Waals surface area contributed by atoms with Crippen molar-refractivity contribution >= 4 is 5.91 Å². The van der Waals surface area contributed by atoms with Crippen molar-refractivity contribution in [3.05, 3.63) is 48.0 Å². The number of hydrogen-bond acceptors (Lipinski definition) is 6. The van der Waals surface area contributed by atoms with Crippen molar-refractivity contribution in [3.63, 3.8) is 0 Å². The number of ether oxygens (including phenoxy) is 2. The summed E-state index contributed by atoms with van der Waals surface area (Å²) in [6, 6.07) is 7.24. The number of aromatic nitrogens is 2. The predicted octanol–water partition coefficient (Wildman–Crippen LogP) is 3.36. The average molecular weight is 394 g/mol.